The van der Waals surface area contributed by atoms with Crippen molar-refractivity contribution in [3.05, 3.63) is 178 Å². The monoisotopic (exact) mass is 437 g/mol. The second kappa shape index (κ2) is 10.8. The summed E-state index contributed by atoms with van der Waals surface area (Å²) in [6, 6.07) is 49.5. The standard InChI is InChI=1S/C34H29/c1-5-13-27(14-6-1)21-31-25-33(23-29-17-9-3-10-18-29)34(24-30-19-11-4-12-20-30)26-32(31)22-28-15-7-2-8-16-28/h1-20,25H,21-24H2. The Labute approximate surface area is 203 Å². The van der Waals surface area contributed by atoms with Gasteiger partial charge in [-0.3, -0.25) is 0 Å². The van der Waals surface area contributed by atoms with Gasteiger partial charge in [0.25, 0.3) is 0 Å². The molecule has 5 rings (SSSR count). The van der Waals surface area contributed by atoms with E-state index >= 15 is 0 Å². The molecule has 0 aliphatic heterocycles. The van der Waals surface area contributed by atoms with Crippen molar-refractivity contribution in [2.75, 3.05) is 0 Å². The summed E-state index contributed by atoms with van der Waals surface area (Å²) in [5.41, 5.74) is 10.7. The van der Waals surface area contributed by atoms with Crippen molar-refractivity contribution in [3.63, 3.8) is 0 Å². The van der Waals surface area contributed by atoms with E-state index < -0.39 is 0 Å². The van der Waals surface area contributed by atoms with E-state index in [9.17, 15) is 0 Å². The quantitative estimate of drug-likeness (QED) is 0.232. The van der Waals surface area contributed by atoms with Gasteiger partial charge in [0.1, 0.15) is 0 Å². The van der Waals surface area contributed by atoms with E-state index in [1.807, 2.05) is 0 Å². The lowest BCUT2D eigenvalue weighted by Gasteiger charge is -2.17. The fourth-order valence-electron chi connectivity index (χ4n) is 4.59. The summed E-state index contributed by atoms with van der Waals surface area (Å²) in [6.45, 7) is 0. The topological polar surface area (TPSA) is 0 Å². The molecular formula is C34H29. The van der Waals surface area contributed by atoms with Crippen LogP contribution in [0.2, 0.25) is 0 Å². The van der Waals surface area contributed by atoms with Crippen molar-refractivity contribution >= 4 is 0 Å². The van der Waals surface area contributed by atoms with Crippen LogP contribution in [0.25, 0.3) is 0 Å². The Morgan fingerprint density at radius 3 is 0.971 bits per heavy atom. The van der Waals surface area contributed by atoms with Gasteiger partial charge in [-0.05, 0) is 76.3 Å². The Hall–Kier alpha value is -3.90. The highest BCUT2D eigenvalue weighted by Crippen LogP contribution is 2.26. The molecule has 0 aliphatic rings. The van der Waals surface area contributed by atoms with E-state index in [0.29, 0.717) is 0 Å². The first kappa shape index (κ1) is 21.9. The summed E-state index contributed by atoms with van der Waals surface area (Å²) in [5.74, 6) is 0. The van der Waals surface area contributed by atoms with Gasteiger partial charge in [0.05, 0.1) is 0 Å². The van der Waals surface area contributed by atoms with Crippen molar-refractivity contribution in [3.8, 4) is 0 Å². The van der Waals surface area contributed by atoms with Crippen molar-refractivity contribution < 1.29 is 0 Å². The molecule has 0 heteroatoms. The minimum absolute atomic E-state index is 0.899. The number of hydrogen-bond donors (Lipinski definition) is 0. The summed E-state index contributed by atoms with van der Waals surface area (Å²) in [4.78, 5) is 0. The highest BCUT2D eigenvalue weighted by atomic mass is 14.2. The molecule has 165 valence electrons. The minimum Gasteiger partial charge on any atom is -0.0622 e. The first-order valence-corrected chi connectivity index (χ1v) is 12.0. The predicted octanol–water partition coefficient (Wildman–Crippen LogP) is 7.85. The van der Waals surface area contributed by atoms with E-state index in [2.05, 4.69) is 133 Å². The molecular weight excluding hydrogens is 408 g/mol. The molecule has 0 saturated carbocycles. The highest BCUT2D eigenvalue weighted by molar-refractivity contribution is 5.46. The van der Waals surface area contributed by atoms with Crippen LogP contribution in [0.5, 0.6) is 0 Å². The van der Waals surface area contributed by atoms with Crippen LogP contribution in [0.4, 0.5) is 0 Å². The Balaban J connectivity index is 1.59. The fraction of sp³-hybridized carbons (Fsp3) is 0.118. The molecule has 34 heavy (non-hydrogen) atoms. The third-order valence-corrected chi connectivity index (χ3v) is 6.35. The predicted molar refractivity (Wildman–Crippen MR) is 142 cm³/mol. The van der Waals surface area contributed by atoms with E-state index in [1.165, 1.54) is 44.5 Å². The first-order chi connectivity index (χ1) is 16.8. The average molecular weight is 438 g/mol. The maximum atomic E-state index is 3.92. The van der Waals surface area contributed by atoms with Gasteiger partial charge >= 0.3 is 0 Å². The van der Waals surface area contributed by atoms with E-state index in [0.717, 1.165) is 25.7 Å². The Kier molecular flexibility index (Phi) is 6.97. The van der Waals surface area contributed by atoms with Crippen molar-refractivity contribution in [2.45, 2.75) is 25.7 Å². The SMILES string of the molecule is [c]1c(Cc2ccccc2)c(Cc2ccccc2)cc(Cc2ccccc2)c1Cc1ccccc1. The molecule has 5 aromatic rings. The summed E-state index contributed by atoms with van der Waals surface area (Å²) in [6.07, 6.45) is 3.65. The lowest BCUT2D eigenvalue weighted by atomic mass is 9.87. The third-order valence-electron chi connectivity index (χ3n) is 6.35. The second-order valence-corrected chi connectivity index (χ2v) is 8.93. The number of rotatable bonds is 8. The molecule has 0 amide bonds. The first-order valence-electron chi connectivity index (χ1n) is 12.0. The smallest absolute Gasteiger partial charge is 0.00166 e. The maximum Gasteiger partial charge on any atom is -0.00166 e. The zero-order valence-electron chi connectivity index (χ0n) is 19.5. The van der Waals surface area contributed by atoms with Crippen LogP contribution in [0.1, 0.15) is 44.5 Å². The van der Waals surface area contributed by atoms with Gasteiger partial charge in [0.2, 0.25) is 0 Å². The molecule has 0 saturated heterocycles. The molecule has 1 radical (unpaired) electrons. The van der Waals surface area contributed by atoms with Crippen LogP contribution in [0, 0.1) is 6.07 Å². The summed E-state index contributed by atoms with van der Waals surface area (Å²) in [5, 5.41) is 0. The molecule has 0 unspecified atom stereocenters. The van der Waals surface area contributed by atoms with Gasteiger partial charge in [0, 0.05) is 0 Å². The Morgan fingerprint density at radius 1 is 0.353 bits per heavy atom. The van der Waals surface area contributed by atoms with Crippen LogP contribution in [-0.2, 0) is 25.7 Å². The van der Waals surface area contributed by atoms with E-state index in [4.69, 9.17) is 0 Å². The van der Waals surface area contributed by atoms with Crippen LogP contribution in [-0.4, -0.2) is 0 Å². The molecule has 0 atom stereocenters. The largest absolute Gasteiger partial charge is 0.0622 e. The van der Waals surface area contributed by atoms with Gasteiger partial charge in [-0.15, -0.1) is 0 Å². The molecule has 0 nitrogen and oxygen atoms in total. The van der Waals surface area contributed by atoms with Gasteiger partial charge in [-0.2, -0.15) is 0 Å². The van der Waals surface area contributed by atoms with Crippen molar-refractivity contribution in [1.82, 2.24) is 0 Å². The summed E-state index contributed by atoms with van der Waals surface area (Å²) >= 11 is 0. The second-order valence-electron chi connectivity index (χ2n) is 8.93. The third kappa shape index (κ3) is 5.71. The van der Waals surface area contributed by atoms with Gasteiger partial charge < -0.3 is 0 Å². The van der Waals surface area contributed by atoms with Gasteiger partial charge in [0.15, 0.2) is 0 Å². The molecule has 0 aliphatic carbocycles. The number of hydrogen-bond acceptors (Lipinski definition) is 0. The lowest BCUT2D eigenvalue weighted by molar-refractivity contribution is 1.02. The summed E-state index contributed by atoms with van der Waals surface area (Å²) < 4.78 is 0. The van der Waals surface area contributed by atoms with Crippen molar-refractivity contribution in [1.29, 1.82) is 0 Å². The molecule has 0 fully saturated rings. The highest BCUT2D eigenvalue weighted by Gasteiger charge is 2.13. The molecule has 0 spiro atoms. The van der Waals surface area contributed by atoms with E-state index in [-0.39, 0.29) is 0 Å². The zero-order valence-corrected chi connectivity index (χ0v) is 19.5. The Morgan fingerprint density at radius 2 is 0.647 bits per heavy atom. The van der Waals surface area contributed by atoms with Crippen LogP contribution in [0.15, 0.2) is 127 Å². The summed E-state index contributed by atoms with van der Waals surface area (Å²) in [7, 11) is 0. The van der Waals surface area contributed by atoms with Gasteiger partial charge in [-0.1, -0.05) is 127 Å². The normalized spacial score (nSPS) is 10.8. The molecule has 0 bridgehead atoms. The average Bonchev–Trinajstić information content (AvgIpc) is 2.89. The van der Waals surface area contributed by atoms with Crippen LogP contribution >= 0.6 is 0 Å². The lowest BCUT2D eigenvalue weighted by Crippen LogP contribution is -2.05. The zero-order chi connectivity index (χ0) is 23.0. The molecule has 0 heterocycles. The molecule has 5 aromatic carbocycles. The van der Waals surface area contributed by atoms with Gasteiger partial charge in [-0.25, -0.2) is 0 Å². The Bertz CT molecular complexity index is 1100. The van der Waals surface area contributed by atoms with Crippen molar-refractivity contribution in [2.24, 2.45) is 0 Å². The molecule has 0 N–H and O–H groups in total. The maximum absolute atomic E-state index is 3.92. The number of benzene rings is 5. The van der Waals surface area contributed by atoms with Crippen LogP contribution in [0.3, 0.4) is 0 Å². The molecule has 0 aromatic heterocycles. The van der Waals surface area contributed by atoms with Crippen LogP contribution < -0.4 is 0 Å². The van der Waals surface area contributed by atoms with E-state index in [1.54, 1.807) is 0 Å². The fourth-order valence-corrected chi connectivity index (χ4v) is 4.59. The minimum atomic E-state index is 0.899.